The SMILES string of the molecule is COC(=O)[C@@H](CCC(=O)NCCCCCCCCN(C)c1cccc2c1C(=O)N(C1CCC(=O)NC1=O)C2=O)NC(=O)c1ccc(N(C)Cc2ccc3[nH]c(C)nc(=O)c3c2)s1. The standard InChI is InChI=1S/C44H52N8O9S/c1-26-46-30-15-14-27(24-29(30)39(55)47-26)25-51(3)37-21-18-34(62-37)41(57)48-31(44(60)61-4)16-19-35(53)45-22-9-7-5-6-8-10-23-50(2)32-13-11-12-28-38(32)43(59)52(42(28)58)33-17-20-36(54)49-40(33)56/h11-15,18,21,24,31,33H,5-10,16-17,19-20,22-23,25H2,1-4H3,(H,45,53)(H,48,57)(H,46,47,55)(H,49,54,56)/t31-,33?/m1/s1. The number of aromatic amines is 1. The molecule has 2 aliphatic heterocycles. The Labute approximate surface area is 362 Å². The van der Waals surface area contributed by atoms with Crippen molar-refractivity contribution in [3.63, 3.8) is 0 Å². The predicted molar refractivity (Wildman–Crippen MR) is 233 cm³/mol. The number of fused-ring (bicyclic) bond motifs is 2. The lowest BCUT2D eigenvalue weighted by molar-refractivity contribution is -0.143. The van der Waals surface area contributed by atoms with E-state index in [0.29, 0.717) is 46.9 Å². The number of esters is 1. The molecule has 0 radical (unpaired) electrons. The maximum atomic E-state index is 13.4. The quantitative estimate of drug-likeness (QED) is 0.0564. The topological polar surface area (TPSA) is 220 Å². The number of amides is 6. The summed E-state index contributed by atoms with van der Waals surface area (Å²) in [6, 6.07) is 12.1. The van der Waals surface area contributed by atoms with Crippen LogP contribution in [0.4, 0.5) is 10.7 Å². The van der Waals surface area contributed by atoms with Crippen LogP contribution in [-0.4, -0.2) is 103 Å². The number of ether oxygens (including phenoxy) is 1. The number of imide groups is 2. The number of aromatic nitrogens is 2. The number of carbonyl (C=O) groups excluding carboxylic acids is 7. The first-order chi connectivity index (χ1) is 29.7. The molecule has 2 atom stereocenters. The molecule has 4 heterocycles. The molecule has 6 rings (SSSR count). The van der Waals surface area contributed by atoms with Gasteiger partial charge < -0.3 is 30.2 Å². The lowest BCUT2D eigenvalue weighted by Crippen LogP contribution is -2.54. The molecule has 2 aliphatic rings. The molecule has 1 saturated heterocycles. The molecule has 328 valence electrons. The van der Waals surface area contributed by atoms with E-state index in [2.05, 4.69) is 25.9 Å². The zero-order valence-electron chi connectivity index (χ0n) is 35.3. The maximum absolute atomic E-state index is 13.4. The number of nitrogens with zero attached hydrogens (tertiary/aromatic N) is 4. The number of piperidine rings is 1. The number of nitrogens with one attached hydrogen (secondary N) is 4. The number of hydrogen-bond acceptors (Lipinski definition) is 13. The van der Waals surface area contributed by atoms with Gasteiger partial charge >= 0.3 is 5.97 Å². The molecular weight excluding hydrogens is 817 g/mol. The Morgan fingerprint density at radius 1 is 0.952 bits per heavy atom. The highest BCUT2D eigenvalue weighted by Gasteiger charge is 2.46. The largest absolute Gasteiger partial charge is 0.467 e. The second-order valence-electron chi connectivity index (χ2n) is 15.6. The van der Waals surface area contributed by atoms with Gasteiger partial charge in [-0.25, -0.2) is 4.79 Å². The van der Waals surface area contributed by atoms with Crippen LogP contribution in [0.1, 0.15) is 106 Å². The number of methoxy groups -OCH3 is 1. The number of H-pyrrole nitrogens is 1. The van der Waals surface area contributed by atoms with Gasteiger partial charge in [0.25, 0.3) is 23.3 Å². The Balaban J connectivity index is 0.866. The van der Waals surface area contributed by atoms with Crippen molar-refractivity contribution >= 4 is 74.3 Å². The molecule has 4 aromatic rings. The summed E-state index contributed by atoms with van der Waals surface area (Å²) in [6.45, 7) is 3.35. The highest BCUT2D eigenvalue weighted by atomic mass is 32.1. The molecule has 18 heteroatoms. The van der Waals surface area contributed by atoms with Gasteiger partial charge in [-0.05, 0) is 74.6 Å². The van der Waals surface area contributed by atoms with Crippen LogP contribution in [0.3, 0.4) is 0 Å². The summed E-state index contributed by atoms with van der Waals surface area (Å²) in [7, 11) is 4.98. The van der Waals surface area contributed by atoms with Gasteiger partial charge in [0.15, 0.2) is 0 Å². The Kier molecular flexibility index (Phi) is 14.9. The van der Waals surface area contributed by atoms with Gasteiger partial charge in [-0.1, -0.05) is 37.8 Å². The Morgan fingerprint density at radius 2 is 1.71 bits per heavy atom. The van der Waals surface area contributed by atoms with E-state index >= 15 is 0 Å². The van der Waals surface area contributed by atoms with E-state index < -0.39 is 47.6 Å². The Morgan fingerprint density at radius 3 is 2.47 bits per heavy atom. The van der Waals surface area contributed by atoms with Crippen molar-refractivity contribution in [2.24, 2.45) is 0 Å². The van der Waals surface area contributed by atoms with E-state index in [1.54, 1.807) is 37.3 Å². The zero-order chi connectivity index (χ0) is 44.5. The first-order valence-electron chi connectivity index (χ1n) is 20.8. The van der Waals surface area contributed by atoms with Crippen LogP contribution in [0.25, 0.3) is 10.9 Å². The first-order valence-corrected chi connectivity index (χ1v) is 21.6. The van der Waals surface area contributed by atoms with Crippen molar-refractivity contribution in [3.05, 3.63) is 86.3 Å². The van der Waals surface area contributed by atoms with Gasteiger partial charge in [0.05, 0.1) is 44.7 Å². The van der Waals surface area contributed by atoms with Gasteiger partial charge in [0.2, 0.25) is 17.7 Å². The van der Waals surface area contributed by atoms with E-state index in [1.165, 1.54) is 18.4 Å². The number of rotatable bonds is 20. The zero-order valence-corrected chi connectivity index (χ0v) is 36.2. The molecule has 6 amide bonds. The van der Waals surface area contributed by atoms with E-state index in [0.717, 1.165) is 54.0 Å². The Bertz CT molecular complexity index is 2430. The van der Waals surface area contributed by atoms with Crippen LogP contribution in [0.5, 0.6) is 0 Å². The summed E-state index contributed by atoms with van der Waals surface area (Å²) in [5, 5.41) is 9.14. The molecular formula is C44H52N8O9S. The van der Waals surface area contributed by atoms with Gasteiger partial charge in [-0.3, -0.25) is 43.8 Å². The normalized spacial score (nSPS) is 15.3. The van der Waals surface area contributed by atoms with Gasteiger partial charge in [0, 0.05) is 46.6 Å². The van der Waals surface area contributed by atoms with Crippen LogP contribution in [-0.2, 0) is 30.5 Å². The lowest BCUT2D eigenvalue weighted by Gasteiger charge is -2.28. The number of hydrogen-bond donors (Lipinski definition) is 4. The fraction of sp³-hybridized carbons (Fsp3) is 0.432. The molecule has 0 bridgehead atoms. The summed E-state index contributed by atoms with van der Waals surface area (Å²) >= 11 is 1.25. The van der Waals surface area contributed by atoms with E-state index in [4.69, 9.17) is 4.74 Å². The van der Waals surface area contributed by atoms with Crippen molar-refractivity contribution in [2.75, 3.05) is 44.1 Å². The van der Waals surface area contributed by atoms with Crippen LogP contribution in [0.15, 0.2) is 53.3 Å². The van der Waals surface area contributed by atoms with Gasteiger partial charge in [-0.2, -0.15) is 4.98 Å². The Hall–Kier alpha value is -6.43. The molecule has 1 unspecified atom stereocenters. The maximum Gasteiger partial charge on any atom is 0.328 e. The van der Waals surface area contributed by atoms with Crippen molar-refractivity contribution in [2.45, 2.75) is 89.8 Å². The van der Waals surface area contributed by atoms with Crippen LogP contribution in [0, 0.1) is 6.92 Å². The van der Waals surface area contributed by atoms with E-state index in [1.807, 2.05) is 42.1 Å². The third-order valence-corrected chi connectivity index (χ3v) is 12.3. The number of unbranched alkanes of at least 4 members (excludes halogenated alkanes) is 5. The molecule has 4 N–H and O–H groups in total. The van der Waals surface area contributed by atoms with Crippen LogP contribution < -0.4 is 31.3 Å². The van der Waals surface area contributed by atoms with E-state index in [9.17, 15) is 38.4 Å². The van der Waals surface area contributed by atoms with Crippen LogP contribution in [0.2, 0.25) is 0 Å². The summed E-state index contributed by atoms with van der Waals surface area (Å²) in [4.78, 5) is 114. The minimum absolute atomic E-state index is 0.0228. The average molecular weight is 869 g/mol. The number of anilines is 2. The highest BCUT2D eigenvalue weighted by Crippen LogP contribution is 2.34. The number of benzene rings is 2. The molecule has 2 aromatic carbocycles. The second-order valence-corrected chi connectivity index (χ2v) is 16.7. The molecule has 1 fully saturated rings. The molecule has 0 aliphatic carbocycles. The average Bonchev–Trinajstić information content (AvgIpc) is 3.84. The van der Waals surface area contributed by atoms with Crippen molar-refractivity contribution in [1.29, 1.82) is 0 Å². The first kappa shape index (κ1) is 45.1. The summed E-state index contributed by atoms with van der Waals surface area (Å²) < 4.78 is 4.91. The smallest absolute Gasteiger partial charge is 0.328 e. The van der Waals surface area contributed by atoms with Gasteiger partial charge in [-0.15, -0.1) is 11.3 Å². The fourth-order valence-corrected chi connectivity index (χ4v) is 8.62. The second kappa shape index (κ2) is 20.4. The number of aryl methyl sites for hydroxylation is 1. The van der Waals surface area contributed by atoms with Crippen molar-refractivity contribution < 1.29 is 38.3 Å². The predicted octanol–water partition coefficient (Wildman–Crippen LogP) is 3.98. The summed E-state index contributed by atoms with van der Waals surface area (Å²) in [5.74, 6) is -2.90. The third-order valence-electron chi connectivity index (χ3n) is 11.1. The minimum Gasteiger partial charge on any atom is -0.467 e. The number of thiophene rings is 1. The van der Waals surface area contributed by atoms with Crippen molar-refractivity contribution in [1.82, 2.24) is 30.8 Å². The highest BCUT2D eigenvalue weighted by molar-refractivity contribution is 7.18. The van der Waals surface area contributed by atoms with E-state index in [-0.39, 0.29) is 48.3 Å². The molecule has 2 aromatic heterocycles. The molecule has 0 spiro atoms. The summed E-state index contributed by atoms with van der Waals surface area (Å²) in [5.41, 5.74) is 2.46. The molecule has 0 saturated carbocycles. The molecule has 62 heavy (non-hydrogen) atoms. The third kappa shape index (κ3) is 10.7. The monoisotopic (exact) mass is 868 g/mol. The van der Waals surface area contributed by atoms with Crippen molar-refractivity contribution in [3.8, 4) is 0 Å². The number of carbonyl (C=O) groups is 7. The molecule has 17 nitrogen and oxygen atoms in total. The van der Waals surface area contributed by atoms with Crippen LogP contribution >= 0.6 is 11.3 Å². The minimum atomic E-state index is -1.01. The summed E-state index contributed by atoms with van der Waals surface area (Å²) in [6.07, 6.45) is 5.68. The van der Waals surface area contributed by atoms with Gasteiger partial charge in [0.1, 0.15) is 17.9 Å². The lowest BCUT2D eigenvalue weighted by atomic mass is 10.0. The fourth-order valence-electron chi connectivity index (χ4n) is 7.75.